The van der Waals surface area contributed by atoms with Gasteiger partial charge >= 0.3 is 6.18 Å². The van der Waals surface area contributed by atoms with Crippen molar-refractivity contribution in [2.45, 2.75) is 12.6 Å². The fraction of sp³-hybridized carbons (Fsp3) is 0.167. The van der Waals surface area contributed by atoms with Crippen molar-refractivity contribution in [3.05, 3.63) is 45.9 Å². The fourth-order valence-corrected chi connectivity index (χ4v) is 2.15. The van der Waals surface area contributed by atoms with E-state index in [4.69, 9.17) is 5.73 Å². The number of nitrogens with zero attached hydrogens (tertiary/aromatic N) is 1. The molecule has 2 aromatic rings. The quantitative estimate of drug-likeness (QED) is 0.696. The third-order valence-electron chi connectivity index (χ3n) is 2.50. The summed E-state index contributed by atoms with van der Waals surface area (Å²) >= 11 is 1.27. The topological polar surface area (TPSA) is 56.0 Å². The summed E-state index contributed by atoms with van der Waals surface area (Å²) in [6.45, 7) is 0. The van der Waals surface area contributed by atoms with Crippen molar-refractivity contribution in [3.8, 4) is 0 Å². The number of ketones is 1. The van der Waals surface area contributed by atoms with Gasteiger partial charge in [0, 0.05) is 28.7 Å². The molecule has 100 valence electrons. The Morgan fingerprint density at radius 1 is 1.37 bits per heavy atom. The number of thiazole rings is 1. The lowest BCUT2D eigenvalue weighted by Crippen LogP contribution is -2.11. The number of alkyl halides is 3. The van der Waals surface area contributed by atoms with Crippen molar-refractivity contribution >= 4 is 22.8 Å². The van der Waals surface area contributed by atoms with Crippen molar-refractivity contribution < 1.29 is 18.0 Å². The molecule has 0 spiro atoms. The van der Waals surface area contributed by atoms with Crippen LogP contribution in [0.4, 0.5) is 18.9 Å². The van der Waals surface area contributed by atoms with Gasteiger partial charge in [0.25, 0.3) is 0 Å². The maximum Gasteiger partial charge on any atom is 0.416 e. The van der Waals surface area contributed by atoms with E-state index in [1.165, 1.54) is 17.5 Å². The molecule has 1 aromatic heterocycles. The van der Waals surface area contributed by atoms with Gasteiger partial charge in [-0.1, -0.05) is 0 Å². The Morgan fingerprint density at radius 2 is 2.11 bits per heavy atom. The zero-order chi connectivity index (χ0) is 14.0. The van der Waals surface area contributed by atoms with Crippen LogP contribution in [0.25, 0.3) is 0 Å². The summed E-state index contributed by atoms with van der Waals surface area (Å²) in [5.41, 5.74) is 6.17. The number of Topliss-reactive ketones (excluding diaryl/α,β-unsaturated/α-hetero) is 1. The predicted molar refractivity (Wildman–Crippen MR) is 66.0 cm³/mol. The summed E-state index contributed by atoms with van der Waals surface area (Å²) in [6, 6.07) is 2.75. The Morgan fingerprint density at radius 3 is 2.68 bits per heavy atom. The average Bonchev–Trinajstić information content (AvgIpc) is 2.80. The number of nitrogens with two attached hydrogens (primary N) is 1. The largest absolute Gasteiger partial charge is 0.416 e. The third-order valence-corrected chi connectivity index (χ3v) is 3.28. The van der Waals surface area contributed by atoms with Crippen molar-refractivity contribution in [1.82, 2.24) is 4.98 Å². The Hall–Kier alpha value is -1.89. The van der Waals surface area contributed by atoms with Crippen molar-refractivity contribution in [2.24, 2.45) is 0 Å². The predicted octanol–water partition coefficient (Wildman–Crippen LogP) is 3.17. The van der Waals surface area contributed by atoms with Crippen LogP contribution in [0.3, 0.4) is 0 Å². The molecular formula is C12H9F3N2OS. The Balaban J connectivity index is 2.31. The molecule has 0 aliphatic heterocycles. The monoisotopic (exact) mass is 286 g/mol. The molecule has 0 atom stereocenters. The van der Waals surface area contributed by atoms with Crippen LogP contribution < -0.4 is 5.73 Å². The summed E-state index contributed by atoms with van der Waals surface area (Å²) in [6.07, 6.45) is -2.99. The highest BCUT2D eigenvalue weighted by Gasteiger charge is 2.31. The first-order chi connectivity index (χ1) is 8.88. The Kier molecular flexibility index (Phi) is 3.57. The summed E-state index contributed by atoms with van der Waals surface area (Å²) in [5, 5.41) is 0. The van der Waals surface area contributed by atoms with Gasteiger partial charge in [-0.3, -0.25) is 9.78 Å². The molecule has 0 amide bonds. The summed E-state index contributed by atoms with van der Waals surface area (Å²) in [4.78, 5) is 16.4. The maximum absolute atomic E-state index is 12.6. The molecule has 0 bridgehead atoms. The first kappa shape index (κ1) is 13.5. The second-order valence-corrected chi connectivity index (χ2v) is 4.84. The molecule has 3 nitrogen and oxygen atoms in total. The van der Waals surface area contributed by atoms with E-state index in [2.05, 4.69) is 4.98 Å². The zero-order valence-electron chi connectivity index (χ0n) is 9.57. The Bertz CT molecular complexity index is 594. The molecule has 1 aromatic carbocycles. The summed E-state index contributed by atoms with van der Waals surface area (Å²) < 4.78 is 37.7. The number of carbonyl (C=O) groups is 1. The van der Waals surface area contributed by atoms with Crippen LogP contribution in [0.5, 0.6) is 0 Å². The van der Waals surface area contributed by atoms with Crippen molar-refractivity contribution in [3.63, 3.8) is 0 Å². The van der Waals surface area contributed by atoms with E-state index >= 15 is 0 Å². The molecule has 0 saturated heterocycles. The Labute approximate surface area is 110 Å². The second-order valence-electron chi connectivity index (χ2n) is 3.87. The van der Waals surface area contributed by atoms with Gasteiger partial charge < -0.3 is 5.73 Å². The smallest absolute Gasteiger partial charge is 0.398 e. The third kappa shape index (κ3) is 3.11. The number of nitrogen functional groups attached to an aromatic ring is 1. The van der Waals surface area contributed by atoms with Crippen LogP contribution >= 0.6 is 11.3 Å². The molecule has 19 heavy (non-hydrogen) atoms. The van der Waals surface area contributed by atoms with Crippen LogP contribution in [0.1, 0.15) is 20.8 Å². The average molecular weight is 286 g/mol. The van der Waals surface area contributed by atoms with Crippen LogP contribution in [-0.4, -0.2) is 10.8 Å². The number of hydrogen-bond donors (Lipinski definition) is 1. The number of aromatic nitrogens is 1. The zero-order valence-corrected chi connectivity index (χ0v) is 10.4. The van der Waals surface area contributed by atoms with E-state index in [-0.39, 0.29) is 17.7 Å². The van der Waals surface area contributed by atoms with Gasteiger partial charge in [-0.15, -0.1) is 11.3 Å². The van der Waals surface area contributed by atoms with E-state index in [1.54, 1.807) is 5.51 Å². The van der Waals surface area contributed by atoms with E-state index < -0.39 is 17.5 Å². The number of anilines is 1. The fourth-order valence-electron chi connectivity index (χ4n) is 1.56. The van der Waals surface area contributed by atoms with Gasteiger partial charge in [0.2, 0.25) is 0 Å². The molecule has 2 N–H and O–H groups in total. The molecular weight excluding hydrogens is 277 g/mol. The maximum atomic E-state index is 12.6. The van der Waals surface area contributed by atoms with E-state index in [0.717, 1.165) is 18.2 Å². The molecule has 0 fully saturated rings. The van der Waals surface area contributed by atoms with E-state index in [1.807, 2.05) is 0 Å². The number of halogens is 3. The number of carbonyl (C=O) groups excluding carboxylic acids is 1. The summed E-state index contributed by atoms with van der Waals surface area (Å²) in [7, 11) is 0. The van der Waals surface area contributed by atoms with Crippen molar-refractivity contribution in [2.75, 3.05) is 5.73 Å². The van der Waals surface area contributed by atoms with Crippen LogP contribution in [0.15, 0.2) is 29.9 Å². The lowest BCUT2D eigenvalue weighted by Gasteiger charge is -2.10. The number of rotatable bonds is 3. The molecule has 2 rings (SSSR count). The molecule has 0 aliphatic carbocycles. The molecule has 1 heterocycles. The van der Waals surface area contributed by atoms with Crippen LogP contribution in [0.2, 0.25) is 0 Å². The molecule has 0 radical (unpaired) electrons. The molecule has 7 heteroatoms. The molecule has 0 saturated carbocycles. The minimum Gasteiger partial charge on any atom is -0.398 e. The van der Waals surface area contributed by atoms with Gasteiger partial charge in [0.15, 0.2) is 5.78 Å². The first-order valence-electron chi connectivity index (χ1n) is 5.25. The number of hydrogen-bond acceptors (Lipinski definition) is 4. The van der Waals surface area contributed by atoms with Gasteiger partial charge in [0.1, 0.15) is 0 Å². The van der Waals surface area contributed by atoms with Gasteiger partial charge in [-0.25, -0.2) is 0 Å². The van der Waals surface area contributed by atoms with Gasteiger partial charge in [-0.2, -0.15) is 13.2 Å². The highest BCUT2D eigenvalue weighted by Crippen LogP contribution is 2.31. The lowest BCUT2D eigenvalue weighted by atomic mass is 10.0. The van der Waals surface area contributed by atoms with E-state index in [0.29, 0.717) is 4.88 Å². The van der Waals surface area contributed by atoms with E-state index in [9.17, 15) is 18.0 Å². The number of benzene rings is 1. The minimum atomic E-state index is -4.49. The highest BCUT2D eigenvalue weighted by atomic mass is 32.1. The van der Waals surface area contributed by atoms with Crippen molar-refractivity contribution in [1.29, 1.82) is 0 Å². The molecule has 0 aliphatic rings. The normalized spacial score (nSPS) is 11.5. The molecule has 0 unspecified atom stereocenters. The van der Waals surface area contributed by atoms with Gasteiger partial charge in [0.05, 0.1) is 11.1 Å². The van der Waals surface area contributed by atoms with Crippen LogP contribution in [-0.2, 0) is 12.6 Å². The SMILES string of the molecule is Nc1ccc(C(F)(F)F)cc1C(=O)Cc1cncs1. The first-order valence-corrected chi connectivity index (χ1v) is 6.13. The highest BCUT2D eigenvalue weighted by molar-refractivity contribution is 7.09. The van der Waals surface area contributed by atoms with Crippen LogP contribution in [0, 0.1) is 0 Å². The summed E-state index contributed by atoms with van der Waals surface area (Å²) in [5.74, 6) is -0.451. The van der Waals surface area contributed by atoms with Gasteiger partial charge in [-0.05, 0) is 18.2 Å². The standard InChI is InChI=1S/C12H9F3N2OS/c13-12(14,15)7-1-2-10(16)9(3-7)11(18)4-8-5-17-6-19-8/h1-3,5-6H,4,16H2. The minimum absolute atomic E-state index is 0.00379. The lowest BCUT2D eigenvalue weighted by molar-refractivity contribution is -0.137. The second kappa shape index (κ2) is 5.00.